The van der Waals surface area contributed by atoms with Crippen LogP contribution in [0, 0.1) is 0 Å². The summed E-state index contributed by atoms with van der Waals surface area (Å²) in [6.45, 7) is 2.28. The van der Waals surface area contributed by atoms with Crippen LogP contribution in [0.2, 0.25) is 0 Å². The molecule has 0 N–H and O–H groups in total. The SMILES string of the molecule is CO[C@H]1[C@@H](OC(C)=O)[C@@H](OC(C)=O)O[C@H]1COC(=O)c1ccccc1. The molecule has 0 aliphatic carbocycles. The lowest BCUT2D eigenvalue weighted by Gasteiger charge is -2.21. The van der Waals surface area contributed by atoms with Gasteiger partial charge in [0.1, 0.15) is 18.8 Å². The van der Waals surface area contributed by atoms with Gasteiger partial charge >= 0.3 is 17.9 Å². The number of hydrogen-bond donors (Lipinski definition) is 0. The third-order valence-corrected chi connectivity index (χ3v) is 3.51. The molecule has 8 heteroatoms. The summed E-state index contributed by atoms with van der Waals surface area (Å²) >= 11 is 0. The summed E-state index contributed by atoms with van der Waals surface area (Å²) in [4.78, 5) is 34.5. The molecule has 0 bridgehead atoms. The highest BCUT2D eigenvalue weighted by molar-refractivity contribution is 5.89. The first-order valence-electron chi connectivity index (χ1n) is 7.67. The number of hydrogen-bond acceptors (Lipinski definition) is 8. The van der Waals surface area contributed by atoms with Gasteiger partial charge in [-0.25, -0.2) is 4.79 Å². The van der Waals surface area contributed by atoms with Gasteiger partial charge in [0.25, 0.3) is 0 Å². The number of carbonyl (C=O) groups is 3. The zero-order valence-corrected chi connectivity index (χ0v) is 14.2. The van der Waals surface area contributed by atoms with E-state index < -0.39 is 42.5 Å². The van der Waals surface area contributed by atoms with Gasteiger partial charge in [-0.3, -0.25) is 9.59 Å². The maximum Gasteiger partial charge on any atom is 0.338 e. The summed E-state index contributed by atoms with van der Waals surface area (Å²) in [5.74, 6) is -1.70. The van der Waals surface area contributed by atoms with Crippen molar-refractivity contribution < 1.29 is 38.1 Å². The number of carbonyl (C=O) groups excluding carboxylic acids is 3. The average molecular weight is 352 g/mol. The quantitative estimate of drug-likeness (QED) is 0.554. The summed E-state index contributed by atoms with van der Waals surface area (Å²) in [5, 5.41) is 0. The molecule has 8 nitrogen and oxygen atoms in total. The first-order chi connectivity index (χ1) is 11.9. The molecule has 1 heterocycles. The van der Waals surface area contributed by atoms with Crippen molar-refractivity contribution in [2.24, 2.45) is 0 Å². The smallest absolute Gasteiger partial charge is 0.338 e. The van der Waals surface area contributed by atoms with Gasteiger partial charge in [-0.2, -0.15) is 0 Å². The molecule has 25 heavy (non-hydrogen) atoms. The predicted molar refractivity (Wildman–Crippen MR) is 83.5 cm³/mol. The lowest BCUT2D eigenvalue weighted by molar-refractivity contribution is -0.196. The lowest BCUT2D eigenvalue weighted by atomic mass is 10.1. The molecule has 1 aliphatic rings. The topological polar surface area (TPSA) is 97.4 Å². The Balaban J connectivity index is 2.04. The maximum atomic E-state index is 12.0. The molecule has 1 aliphatic heterocycles. The fraction of sp³-hybridized carbons (Fsp3) is 0.471. The summed E-state index contributed by atoms with van der Waals surface area (Å²) in [6, 6.07) is 8.46. The minimum atomic E-state index is -1.13. The Morgan fingerprint density at radius 2 is 1.64 bits per heavy atom. The second-order valence-corrected chi connectivity index (χ2v) is 5.39. The Hall–Kier alpha value is -2.45. The summed E-state index contributed by atoms with van der Waals surface area (Å²) in [7, 11) is 1.40. The van der Waals surface area contributed by atoms with Crippen LogP contribution in [0.5, 0.6) is 0 Å². The minimum Gasteiger partial charge on any atom is -0.459 e. The average Bonchev–Trinajstić information content (AvgIpc) is 2.88. The van der Waals surface area contributed by atoms with Crippen LogP contribution in [-0.4, -0.2) is 56.2 Å². The largest absolute Gasteiger partial charge is 0.459 e. The molecule has 1 aromatic carbocycles. The molecular weight excluding hydrogens is 332 g/mol. The van der Waals surface area contributed by atoms with E-state index in [0.29, 0.717) is 5.56 Å². The Bertz CT molecular complexity index is 614. The standard InChI is InChI=1S/C17H20O8/c1-10(18)23-15-14(21-3)13(25-17(15)24-11(2)19)9-22-16(20)12-7-5-4-6-8-12/h4-8,13-15,17H,9H2,1-3H3/t13-,14+,15+,17-/m0/s1. The second kappa shape index (κ2) is 8.59. The Morgan fingerprint density at radius 3 is 2.20 bits per heavy atom. The van der Waals surface area contributed by atoms with Crippen molar-refractivity contribution in [3.8, 4) is 0 Å². The van der Waals surface area contributed by atoms with Crippen LogP contribution in [-0.2, 0) is 33.3 Å². The summed E-state index contributed by atoms with van der Waals surface area (Å²) < 4.78 is 26.2. The van der Waals surface area contributed by atoms with E-state index in [0.717, 1.165) is 0 Å². The molecule has 0 radical (unpaired) electrons. The molecule has 0 saturated carbocycles. The van der Waals surface area contributed by atoms with Crippen LogP contribution in [0.1, 0.15) is 24.2 Å². The zero-order chi connectivity index (χ0) is 18.4. The zero-order valence-electron chi connectivity index (χ0n) is 14.2. The Morgan fingerprint density at radius 1 is 1.00 bits per heavy atom. The number of ether oxygens (including phenoxy) is 5. The Labute approximate surface area is 144 Å². The second-order valence-electron chi connectivity index (χ2n) is 5.39. The van der Waals surface area contributed by atoms with E-state index >= 15 is 0 Å². The fourth-order valence-electron chi connectivity index (χ4n) is 2.50. The van der Waals surface area contributed by atoms with E-state index in [1.807, 2.05) is 0 Å². The molecule has 1 saturated heterocycles. The van der Waals surface area contributed by atoms with E-state index in [2.05, 4.69) is 0 Å². The molecule has 136 valence electrons. The van der Waals surface area contributed by atoms with Gasteiger partial charge in [-0.15, -0.1) is 0 Å². The highest BCUT2D eigenvalue weighted by atomic mass is 16.7. The monoisotopic (exact) mass is 352 g/mol. The summed E-state index contributed by atoms with van der Waals surface area (Å²) in [6.07, 6.45) is -3.60. The molecule has 0 spiro atoms. The van der Waals surface area contributed by atoms with E-state index in [1.165, 1.54) is 21.0 Å². The Kier molecular flexibility index (Phi) is 6.49. The number of methoxy groups -OCH3 is 1. The highest BCUT2D eigenvalue weighted by Gasteiger charge is 2.49. The van der Waals surface area contributed by atoms with Crippen molar-refractivity contribution in [3.05, 3.63) is 35.9 Å². The van der Waals surface area contributed by atoms with Crippen LogP contribution in [0.4, 0.5) is 0 Å². The lowest BCUT2D eigenvalue weighted by Crippen LogP contribution is -2.40. The van der Waals surface area contributed by atoms with Gasteiger partial charge in [-0.1, -0.05) is 18.2 Å². The van der Waals surface area contributed by atoms with Crippen molar-refractivity contribution in [2.45, 2.75) is 38.4 Å². The fourth-order valence-corrected chi connectivity index (χ4v) is 2.50. The van der Waals surface area contributed by atoms with Crippen LogP contribution >= 0.6 is 0 Å². The molecule has 1 aromatic rings. The molecule has 1 fully saturated rings. The molecule has 0 amide bonds. The van der Waals surface area contributed by atoms with Gasteiger partial charge in [0, 0.05) is 21.0 Å². The van der Waals surface area contributed by atoms with Crippen molar-refractivity contribution in [3.63, 3.8) is 0 Å². The van der Waals surface area contributed by atoms with Crippen LogP contribution < -0.4 is 0 Å². The number of benzene rings is 1. The van der Waals surface area contributed by atoms with Gasteiger partial charge in [0.15, 0.2) is 6.10 Å². The van der Waals surface area contributed by atoms with E-state index in [1.54, 1.807) is 30.3 Å². The minimum absolute atomic E-state index is 0.151. The van der Waals surface area contributed by atoms with E-state index in [4.69, 9.17) is 23.7 Å². The van der Waals surface area contributed by atoms with Crippen LogP contribution in [0.3, 0.4) is 0 Å². The molecule has 0 aromatic heterocycles. The maximum absolute atomic E-state index is 12.0. The third kappa shape index (κ3) is 5.01. The van der Waals surface area contributed by atoms with Crippen molar-refractivity contribution >= 4 is 17.9 Å². The molecule has 4 atom stereocenters. The van der Waals surface area contributed by atoms with Crippen LogP contribution in [0.25, 0.3) is 0 Å². The predicted octanol–water partition coefficient (Wildman–Crippen LogP) is 1.08. The molecule has 0 unspecified atom stereocenters. The third-order valence-electron chi connectivity index (χ3n) is 3.51. The van der Waals surface area contributed by atoms with Gasteiger partial charge in [0.2, 0.25) is 6.29 Å². The normalized spacial score (nSPS) is 25.2. The van der Waals surface area contributed by atoms with Crippen molar-refractivity contribution in [1.82, 2.24) is 0 Å². The van der Waals surface area contributed by atoms with Gasteiger partial charge in [0.05, 0.1) is 5.56 Å². The summed E-state index contributed by atoms with van der Waals surface area (Å²) in [5.41, 5.74) is 0.391. The van der Waals surface area contributed by atoms with Crippen molar-refractivity contribution in [1.29, 1.82) is 0 Å². The number of esters is 3. The van der Waals surface area contributed by atoms with E-state index in [9.17, 15) is 14.4 Å². The highest BCUT2D eigenvalue weighted by Crippen LogP contribution is 2.28. The van der Waals surface area contributed by atoms with Gasteiger partial charge < -0.3 is 23.7 Å². The van der Waals surface area contributed by atoms with E-state index in [-0.39, 0.29) is 6.61 Å². The van der Waals surface area contributed by atoms with Crippen LogP contribution in [0.15, 0.2) is 30.3 Å². The van der Waals surface area contributed by atoms with Gasteiger partial charge in [-0.05, 0) is 12.1 Å². The first kappa shape index (κ1) is 18.9. The van der Waals surface area contributed by atoms with Crippen molar-refractivity contribution in [2.75, 3.05) is 13.7 Å². The molecular formula is C17H20O8. The molecule has 2 rings (SSSR count). The first-order valence-corrected chi connectivity index (χ1v) is 7.67. The number of rotatable bonds is 6.